The van der Waals surface area contributed by atoms with E-state index < -0.39 is 6.10 Å². The summed E-state index contributed by atoms with van der Waals surface area (Å²) in [5.41, 5.74) is 0.373. The molecule has 0 aromatic rings. The molecule has 0 unspecified atom stereocenters. The van der Waals surface area contributed by atoms with Crippen LogP contribution in [0.25, 0.3) is 0 Å². The smallest absolute Gasteiger partial charge is 0.184 e. The van der Waals surface area contributed by atoms with Crippen molar-refractivity contribution in [2.24, 2.45) is 11.8 Å². The van der Waals surface area contributed by atoms with Crippen LogP contribution in [-0.4, -0.2) is 42.9 Å². The molecule has 1 aliphatic carbocycles. The van der Waals surface area contributed by atoms with Gasteiger partial charge in [0.15, 0.2) is 5.78 Å². The van der Waals surface area contributed by atoms with E-state index in [2.05, 4.69) is 20.8 Å². The van der Waals surface area contributed by atoms with E-state index >= 15 is 0 Å². The summed E-state index contributed by atoms with van der Waals surface area (Å²) >= 11 is 0. The molecular formula is C17H26O4. The fourth-order valence-electron chi connectivity index (χ4n) is 3.95. The molecule has 0 saturated carbocycles. The third-order valence-electron chi connectivity index (χ3n) is 5.42. The van der Waals surface area contributed by atoms with Gasteiger partial charge in [0.25, 0.3) is 0 Å². The molecule has 0 amide bonds. The summed E-state index contributed by atoms with van der Waals surface area (Å²) in [6.45, 7) is 9.21. The number of epoxide rings is 2. The monoisotopic (exact) mass is 294 g/mol. The summed E-state index contributed by atoms with van der Waals surface area (Å²) in [5.74, 6) is 0.669. The predicted octanol–water partition coefficient (Wildman–Crippen LogP) is 2.51. The minimum atomic E-state index is -0.453. The van der Waals surface area contributed by atoms with Gasteiger partial charge in [-0.1, -0.05) is 13.8 Å². The molecule has 0 aromatic heterocycles. The van der Waals surface area contributed by atoms with Crippen LogP contribution in [0.4, 0.5) is 0 Å². The Kier molecular flexibility index (Phi) is 3.55. The molecular weight excluding hydrogens is 268 g/mol. The van der Waals surface area contributed by atoms with Gasteiger partial charge in [-0.15, -0.1) is 0 Å². The lowest BCUT2D eigenvalue weighted by atomic mass is 9.68. The number of carbonyl (C=O) groups is 1. The summed E-state index contributed by atoms with van der Waals surface area (Å²) in [5, 5.41) is 0. The van der Waals surface area contributed by atoms with Gasteiger partial charge in [0.2, 0.25) is 0 Å². The van der Waals surface area contributed by atoms with Crippen LogP contribution in [0.15, 0.2) is 11.6 Å². The number of ether oxygens (including phenoxy) is 3. The first-order chi connectivity index (χ1) is 9.85. The highest BCUT2D eigenvalue weighted by Gasteiger charge is 2.72. The van der Waals surface area contributed by atoms with Gasteiger partial charge in [-0.2, -0.15) is 0 Å². The average Bonchev–Trinajstić information content (AvgIpc) is 3.30. The van der Waals surface area contributed by atoms with Gasteiger partial charge in [-0.05, 0) is 44.3 Å². The normalized spacial score (nSPS) is 45.1. The fourth-order valence-corrected chi connectivity index (χ4v) is 3.95. The molecule has 2 heterocycles. The summed E-state index contributed by atoms with van der Waals surface area (Å²) < 4.78 is 17.4. The molecule has 2 aliphatic heterocycles. The van der Waals surface area contributed by atoms with Crippen molar-refractivity contribution in [3.63, 3.8) is 0 Å². The van der Waals surface area contributed by atoms with Crippen LogP contribution in [0, 0.1) is 11.8 Å². The fraction of sp³-hybridized carbons (Fsp3) is 0.824. The van der Waals surface area contributed by atoms with Crippen LogP contribution >= 0.6 is 0 Å². The number of hydrogen-bond donors (Lipinski definition) is 0. The highest BCUT2D eigenvalue weighted by molar-refractivity contribution is 5.96. The Hall–Kier alpha value is -0.710. The van der Waals surface area contributed by atoms with Crippen LogP contribution in [0.2, 0.25) is 0 Å². The van der Waals surface area contributed by atoms with Gasteiger partial charge < -0.3 is 14.2 Å². The minimum absolute atomic E-state index is 0.0373. The Bertz CT molecular complexity index is 477. The minimum Gasteiger partial charge on any atom is -0.373 e. The maximum absolute atomic E-state index is 12.3. The lowest BCUT2D eigenvalue weighted by Crippen LogP contribution is -2.52. The molecule has 0 bridgehead atoms. The Balaban J connectivity index is 1.83. The zero-order valence-corrected chi connectivity index (χ0v) is 13.6. The van der Waals surface area contributed by atoms with Gasteiger partial charge in [0.1, 0.15) is 17.3 Å². The first-order valence-electron chi connectivity index (χ1n) is 7.92. The SMILES string of the molecule is CO[C@@H]1C(=O)C=C(C)[C@]2(CO2)[C@H]1[C@@]1(C)O[C@@H]1CCC(C)C. The Labute approximate surface area is 126 Å². The Morgan fingerprint density at radius 2 is 2.14 bits per heavy atom. The second kappa shape index (κ2) is 4.90. The largest absolute Gasteiger partial charge is 0.373 e. The van der Waals surface area contributed by atoms with Gasteiger partial charge in [-0.3, -0.25) is 4.79 Å². The van der Waals surface area contributed by atoms with E-state index in [0.29, 0.717) is 12.5 Å². The van der Waals surface area contributed by atoms with E-state index in [1.54, 1.807) is 13.2 Å². The molecule has 1 spiro atoms. The van der Waals surface area contributed by atoms with Crippen molar-refractivity contribution in [1.29, 1.82) is 0 Å². The van der Waals surface area contributed by atoms with Crippen LogP contribution in [0.1, 0.15) is 40.5 Å². The molecule has 4 nitrogen and oxygen atoms in total. The summed E-state index contributed by atoms with van der Waals surface area (Å²) in [4.78, 5) is 12.3. The maximum Gasteiger partial charge on any atom is 0.184 e. The quantitative estimate of drug-likeness (QED) is 0.731. The molecule has 0 radical (unpaired) electrons. The van der Waals surface area contributed by atoms with Crippen LogP contribution in [0.3, 0.4) is 0 Å². The van der Waals surface area contributed by atoms with Crippen molar-refractivity contribution in [3.8, 4) is 0 Å². The maximum atomic E-state index is 12.3. The van der Waals surface area contributed by atoms with E-state index in [4.69, 9.17) is 14.2 Å². The number of methoxy groups -OCH3 is 1. The Morgan fingerprint density at radius 1 is 1.48 bits per heavy atom. The first kappa shape index (κ1) is 15.2. The molecule has 118 valence electrons. The third-order valence-corrected chi connectivity index (χ3v) is 5.42. The van der Waals surface area contributed by atoms with Gasteiger partial charge >= 0.3 is 0 Å². The second-order valence-electron chi connectivity index (χ2n) is 7.30. The molecule has 5 atom stereocenters. The standard InChI is InChI=1S/C17H26O4/c1-10(2)6-7-13-16(4,21-13)15-14(19-5)12(18)8-11(3)17(15)9-20-17/h8,10,13-15H,6-7,9H2,1-5H3/t13-,14-,15-,16+,17-/m1/s1. The molecule has 3 aliphatic rings. The number of carbonyl (C=O) groups excluding carboxylic acids is 1. The van der Waals surface area contributed by atoms with Gasteiger partial charge in [0.05, 0.1) is 18.6 Å². The van der Waals surface area contributed by atoms with Crippen molar-refractivity contribution >= 4 is 5.78 Å². The lowest BCUT2D eigenvalue weighted by molar-refractivity contribution is -0.132. The van der Waals surface area contributed by atoms with Gasteiger partial charge in [-0.25, -0.2) is 0 Å². The molecule has 0 N–H and O–H groups in total. The summed E-state index contributed by atoms with van der Waals surface area (Å²) in [6, 6.07) is 0. The topological polar surface area (TPSA) is 51.4 Å². The van der Waals surface area contributed by atoms with Crippen LogP contribution < -0.4 is 0 Å². The van der Waals surface area contributed by atoms with E-state index in [1.807, 2.05) is 6.92 Å². The van der Waals surface area contributed by atoms with Crippen molar-refractivity contribution < 1.29 is 19.0 Å². The van der Waals surface area contributed by atoms with Crippen LogP contribution in [0.5, 0.6) is 0 Å². The van der Waals surface area contributed by atoms with E-state index in [-0.39, 0.29) is 29.0 Å². The zero-order chi connectivity index (χ0) is 15.4. The molecule has 0 aromatic carbocycles. The second-order valence-corrected chi connectivity index (χ2v) is 7.30. The Morgan fingerprint density at radius 3 is 2.67 bits per heavy atom. The van der Waals surface area contributed by atoms with Gasteiger partial charge in [0, 0.05) is 7.11 Å². The number of ketones is 1. The molecule has 4 heteroatoms. The number of hydrogen-bond acceptors (Lipinski definition) is 4. The predicted molar refractivity (Wildman–Crippen MR) is 79.1 cm³/mol. The highest BCUT2D eigenvalue weighted by atomic mass is 16.6. The van der Waals surface area contributed by atoms with E-state index in [0.717, 1.165) is 18.4 Å². The molecule has 3 rings (SSSR count). The van der Waals surface area contributed by atoms with Crippen molar-refractivity contribution in [3.05, 3.63) is 11.6 Å². The highest BCUT2D eigenvalue weighted by Crippen LogP contribution is 2.59. The van der Waals surface area contributed by atoms with E-state index in [9.17, 15) is 4.79 Å². The average molecular weight is 294 g/mol. The summed E-state index contributed by atoms with van der Waals surface area (Å²) in [6.07, 6.45) is 3.62. The molecule has 21 heavy (non-hydrogen) atoms. The van der Waals surface area contributed by atoms with Crippen molar-refractivity contribution in [2.75, 3.05) is 13.7 Å². The molecule has 2 fully saturated rings. The summed E-state index contributed by atoms with van der Waals surface area (Å²) in [7, 11) is 1.61. The zero-order valence-electron chi connectivity index (χ0n) is 13.6. The third kappa shape index (κ3) is 2.28. The first-order valence-corrected chi connectivity index (χ1v) is 7.92. The molecule has 2 saturated heterocycles. The van der Waals surface area contributed by atoms with E-state index in [1.165, 1.54) is 0 Å². The van der Waals surface area contributed by atoms with Crippen molar-refractivity contribution in [1.82, 2.24) is 0 Å². The lowest BCUT2D eigenvalue weighted by Gasteiger charge is -2.36. The van der Waals surface area contributed by atoms with Crippen LogP contribution in [-0.2, 0) is 19.0 Å². The van der Waals surface area contributed by atoms with Crippen molar-refractivity contribution in [2.45, 2.75) is 63.9 Å². The number of rotatable bonds is 5.